The van der Waals surface area contributed by atoms with E-state index in [4.69, 9.17) is 0 Å². The van der Waals surface area contributed by atoms with Crippen LogP contribution < -0.4 is 5.32 Å². The average Bonchev–Trinajstić information content (AvgIpc) is 3.28. The van der Waals surface area contributed by atoms with Gasteiger partial charge in [0.15, 0.2) is 0 Å². The number of carbonyl (C=O) groups excluding carboxylic acids is 1. The lowest BCUT2D eigenvalue weighted by Crippen LogP contribution is -2.48. The molecule has 1 amide bonds. The lowest BCUT2D eigenvalue weighted by Gasteiger charge is -2.41. The van der Waals surface area contributed by atoms with Crippen molar-refractivity contribution in [1.29, 1.82) is 0 Å². The average molecular weight is 297 g/mol. The van der Waals surface area contributed by atoms with E-state index in [0.717, 1.165) is 17.7 Å². The number of aryl methyl sites for hydroxylation is 1. The van der Waals surface area contributed by atoms with E-state index in [1.165, 1.54) is 0 Å². The second-order valence-corrected chi connectivity index (χ2v) is 6.85. The fourth-order valence-corrected chi connectivity index (χ4v) is 4.52. The van der Waals surface area contributed by atoms with Gasteiger partial charge in [-0.15, -0.1) is 0 Å². The minimum atomic E-state index is -0.839. The Morgan fingerprint density at radius 2 is 1.82 bits per heavy atom. The molecule has 6 atom stereocenters. The van der Waals surface area contributed by atoms with E-state index in [2.05, 4.69) is 11.4 Å². The monoisotopic (exact) mass is 297 g/mol. The predicted molar refractivity (Wildman–Crippen MR) is 82.1 cm³/mol. The SMILES string of the molecule is Cc1cccc(NC(=O)[C@@H]2[C@H]3C=C[C@@H]([C@@H]4C[C@@H]34)[C@H]2C(=O)O)c1. The van der Waals surface area contributed by atoms with Crippen LogP contribution in [0.5, 0.6) is 0 Å². The molecule has 0 radical (unpaired) electrons. The number of carbonyl (C=O) groups is 2. The number of fused-ring (bicyclic) bond motifs is 1. The first-order valence-corrected chi connectivity index (χ1v) is 7.85. The molecule has 4 nitrogen and oxygen atoms in total. The molecule has 0 unspecified atom stereocenters. The van der Waals surface area contributed by atoms with E-state index in [1.807, 2.05) is 37.3 Å². The fraction of sp³-hybridized carbons (Fsp3) is 0.444. The van der Waals surface area contributed by atoms with Crippen molar-refractivity contribution in [1.82, 2.24) is 0 Å². The predicted octanol–water partition coefficient (Wildman–Crippen LogP) is 2.70. The van der Waals surface area contributed by atoms with Crippen molar-refractivity contribution < 1.29 is 14.7 Å². The summed E-state index contributed by atoms with van der Waals surface area (Å²) in [4.78, 5) is 24.5. The molecule has 1 aromatic carbocycles. The van der Waals surface area contributed by atoms with Crippen LogP contribution in [0, 0.1) is 42.4 Å². The van der Waals surface area contributed by atoms with Crippen molar-refractivity contribution in [2.45, 2.75) is 13.3 Å². The molecule has 2 N–H and O–H groups in total. The maximum absolute atomic E-state index is 12.7. The van der Waals surface area contributed by atoms with Gasteiger partial charge in [-0.1, -0.05) is 24.3 Å². The molecule has 2 saturated carbocycles. The Morgan fingerprint density at radius 1 is 1.14 bits per heavy atom. The molecule has 2 fully saturated rings. The zero-order valence-corrected chi connectivity index (χ0v) is 12.4. The van der Waals surface area contributed by atoms with Gasteiger partial charge in [-0.2, -0.15) is 0 Å². The van der Waals surface area contributed by atoms with Crippen LogP contribution in [0.25, 0.3) is 0 Å². The largest absolute Gasteiger partial charge is 0.481 e. The summed E-state index contributed by atoms with van der Waals surface area (Å²) in [6.45, 7) is 1.97. The fourth-order valence-electron chi connectivity index (χ4n) is 4.52. The van der Waals surface area contributed by atoms with Gasteiger partial charge in [0.2, 0.25) is 5.91 Å². The minimum absolute atomic E-state index is 0.0285. The van der Waals surface area contributed by atoms with Gasteiger partial charge >= 0.3 is 5.97 Å². The Bertz CT molecular complexity index is 681. The number of carboxylic acids is 1. The Balaban J connectivity index is 1.61. The molecular weight excluding hydrogens is 278 g/mol. The first-order valence-electron chi connectivity index (χ1n) is 7.85. The number of aliphatic carboxylic acids is 1. The molecule has 0 aliphatic heterocycles. The third-order valence-corrected chi connectivity index (χ3v) is 5.53. The number of hydrogen-bond donors (Lipinski definition) is 2. The van der Waals surface area contributed by atoms with Crippen molar-refractivity contribution in [2.24, 2.45) is 35.5 Å². The summed E-state index contributed by atoms with van der Waals surface area (Å²) in [5, 5.41) is 12.5. The standard InChI is InChI=1S/C18H19NO3/c1-9-3-2-4-10(7-9)19-17(20)15-11-5-6-12(14-8-13(11)14)16(15)18(21)22/h2-7,11-16H,8H2,1H3,(H,19,20)(H,21,22)/t11-,12-,13-,14-,15+,16+/m0/s1. The van der Waals surface area contributed by atoms with Gasteiger partial charge in [-0.25, -0.2) is 0 Å². The number of hydrogen-bond acceptors (Lipinski definition) is 2. The highest BCUT2D eigenvalue weighted by atomic mass is 16.4. The zero-order chi connectivity index (χ0) is 15.4. The number of benzene rings is 1. The van der Waals surface area contributed by atoms with Crippen LogP contribution >= 0.6 is 0 Å². The molecule has 114 valence electrons. The van der Waals surface area contributed by atoms with Crippen LogP contribution in [0.2, 0.25) is 0 Å². The van der Waals surface area contributed by atoms with E-state index >= 15 is 0 Å². The summed E-state index contributed by atoms with van der Waals surface area (Å²) in [5.41, 5.74) is 1.81. The number of carboxylic acid groups (broad SMARTS) is 1. The number of allylic oxidation sites excluding steroid dienone is 2. The summed E-state index contributed by atoms with van der Waals surface area (Å²) in [7, 11) is 0. The van der Waals surface area contributed by atoms with Crippen molar-refractivity contribution in [3.8, 4) is 0 Å². The van der Waals surface area contributed by atoms with Crippen LogP contribution in [-0.4, -0.2) is 17.0 Å². The number of amides is 1. The van der Waals surface area contributed by atoms with Gasteiger partial charge in [0.25, 0.3) is 0 Å². The molecule has 0 saturated heterocycles. The third-order valence-electron chi connectivity index (χ3n) is 5.53. The molecule has 5 rings (SSSR count). The number of rotatable bonds is 3. The number of anilines is 1. The smallest absolute Gasteiger partial charge is 0.307 e. The summed E-state index contributed by atoms with van der Waals surface area (Å²) in [6, 6.07) is 7.61. The van der Waals surface area contributed by atoms with Gasteiger partial charge in [0.1, 0.15) is 0 Å². The van der Waals surface area contributed by atoms with Gasteiger partial charge in [-0.3, -0.25) is 9.59 Å². The molecule has 4 aliphatic rings. The van der Waals surface area contributed by atoms with Gasteiger partial charge < -0.3 is 10.4 Å². The first kappa shape index (κ1) is 13.6. The summed E-state index contributed by atoms with van der Waals surface area (Å²) >= 11 is 0. The van der Waals surface area contributed by atoms with Gasteiger partial charge in [-0.05, 0) is 54.7 Å². The molecule has 0 aromatic heterocycles. The van der Waals surface area contributed by atoms with E-state index in [-0.39, 0.29) is 17.7 Å². The van der Waals surface area contributed by atoms with Crippen molar-refractivity contribution in [3.63, 3.8) is 0 Å². The van der Waals surface area contributed by atoms with E-state index < -0.39 is 17.8 Å². The molecule has 4 aliphatic carbocycles. The van der Waals surface area contributed by atoms with Crippen LogP contribution in [0.4, 0.5) is 5.69 Å². The topological polar surface area (TPSA) is 66.4 Å². The van der Waals surface area contributed by atoms with Gasteiger partial charge in [0.05, 0.1) is 11.8 Å². The zero-order valence-electron chi connectivity index (χ0n) is 12.4. The second kappa shape index (κ2) is 4.70. The quantitative estimate of drug-likeness (QED) is 0.843. The maximum atomic E-state index is 12.7. The molecule has 4 heteroatoms. The highest BCUT2D eigenvalue weighted by Gasteiger charge is 2.62. The second-order valence-electron chi connectivity index (χ2n) is 6.85. The van der Waals surface area contributed by atoms with Crippen LogP contribution in [-0.2, 0) is 9.59 Å². The van der Waals surface area contributed by atoms with Crippen molar-refractivity contribution in [3.05, 3.63) is 42.0 Å². The first-order chi connectivity index (χ1) is 10.6. The Kier molecular flexibility index (Phi) is 2.90. The minimum Gasteiger partial charge on any atom is -0.481 e. The lowest BCUT2D eigenvalue weighted by atomic mass is 9.62. The molecule has 0 spiro atoms. The Hall–Kier alpha value is -2.10. The normalized spacial score (nSPS) is 37.5. The van der Waals surface area contributed by atoms with E-state index in [0.29, 0.717) is 11.8 Å². The Labute approximate surface area is 129 Å². The highest BCUT2D eigenvalue weighted by Crippen LogP contribution is 2.63. The lowest BCUT2D eigenvalue weighted by molar-refractivity contribution is -0.152. The van der Waals surface area contributed by atoms with Crippen molar-refractivity contribution in [2.75, 3.05) is 5.32 Å². The molecule has 0 heterocycles. The highest BCUT2D eigenvalue weighted by molar-refractivity contribution is 5.96. The summed E-state index contributed by atoms with van der Waals surface area (Å²) in [5.74, 6) is -0.906. The van der Waals surface area contributed by atoms with E-state index in [9.17, 15) is 14.7 Å². The molecular formula is C18H19NO3. The maximum Gasteiger partial charge on any atom is 0.307 e. The molecule has 2 bridgehead atoms. The third kappa shape index (κ3) is 1.97. The van der Waals surface area contributed by atoms with Crippen LogP contribution in [0.3, 0.4) is 0 Å². The van der Waals surface area contributed by atoms with Crippen LogP contribution in [0.15, 0.2) is 36.4 Å². The summed E-state index contributed by atoms with van der Waals surface area (Å²) < 4.78 is 0. The molecule has 22 heavy (non-hydrogen) atoms. The van der Waals surface area contributed by atoms with Gasteiger partial charge in [0, 0.05) is 5.69 Å². The van der Waals surface area contributed by atoms with Crippen molar-refractivity contribution >= 4 is 17.6 Å². The number of nitrogens with one attached hydrogen (secondary N) is 1. The summed E-state index contributed by atoms with van der Waals surface area (Å²) in [6.07, 6.45) is 5.19. The Morgan fingerprint density at radius 3 is 2.45 bits per heavy atom. The van der Waals surface area contributed by atoms with Crippen LogP contribution in [0.1, 0.15) is 12.0 Å². The molecule has 1 aromatic rings. The van der Waals surface area contributed by atoms with E-state index in [1.54, 1.807) is 0 Å².